The Morgan fingerprint density at radius 1 is 1.53 bits per heavy atom. The Morgan fingerprint density at radius 2 is 2.41 bits per heavy atom. The van der Waals surface area contributed by atoms with E-state index in [0.29, 0.717) is 11.7 Å². The number of carbonyl (C=O) groups excluding carboxylic acids is 1. The first-order chi connectivity index (χ1) is 7.84. The molecule has 5 nitrogen and oxygen atoms in total. The Kier molecular flexibility index (Phi) is 5.88. The molecule has 2 rings (SSSR count). The van der Waals surface area contributed by atoms with E-state index in [9.17, 15) is 4.79 Å². The van der Waals surface area contributed by atoms with Crippen molar-refractivity contribution in [1.82, 2.24) is 10.3 Å². The number of halogens is 1. The van der Waals surface area contributed by atoms with Gasteiger partial charge in [-0.3, -0.25) is 4.79 Å². The van der Waals surface area contributed by atoms with Gasteiger partial charge in [0.15, 0.2) is 5.13 Å². The number of nitrogens with one attached hydrogen (secondary N) is 2. The van der Waals surface area contributed by atoms with Crippen LogP contribution in [0.4, 0.5) is 5.13 Å². The summed E-state index contributed by atoms with van der Waals surface area (Å²) in [6.07, 6.45) is 3.25. The molecule has 0 unspecified atom stereocenters. The van der Waals surface area contributed by atoms with E-state index in [1.54, 1.807) is 12.5 Å². The first-order valence-corrected chi connectivity index (χ1v) is 5.65. The molecule has 0 aliphatic heterocycles. The summed E-state index contributed by atoms with van der Waals surface area (Å²) in [4.78, 5) is 15.4. The highest BCUT2D eigenvalue weighted by Crippen LogP contribution is 2.09. The van der Waals surface area contributed by atoms with Gasteiger partial charge < -0.3 is 15.1 Å². The van der Waals surface area contributed by atoms with E-state index in [-0.39, 0.29) is 29.4 Å². The quantitative estimate of drug-likeness (QED) is 0.885. The standard InChI is InChI=1S/C10H11N3O2S.BrH/c14-9(13-10-12-3-5-16-10)7-11-6-8-2-1-4-15-8;/h1-5,11H,6-7H2,(H,12,13,14);1H. The molecule has 0 fully saturated rings. The van der Waals surface area contributed by atoms with Gasteiger partial charge in [0.25, 0.3) is 0 Å². The lowest BCUT2D eigenvalue weighted by molar-refractivity contribution is -0.115. The van der Waals surface area contributed by atoms with Gasteiger partial charge in [-0.25, -0.2) is 4.98 Å². The van der Waals surface area contributed by atoms with Gasteiger partial charge in [0.1, 0.15) is 5.76 Å². The molecule has 0 aliphatic rings. The molecule has 0 spiro atoms. The third kappa shape index (κ3) is 4.68. The lowest BCUT2D eigenvalue weighted by Crippen LogP contribution is -2.27. The van der Waals surface area contributed by atoms with Gasteiger partial charge in [0.2, 0.25) is 5.91 Å². The molecular formula is C10H12BrN3O2S. The normalized spacial score (nSPS) is 9.65. The fourth-order valence-corrected chi connectivity index (χ4v) is 1.71. The van der Waals surface area contributed by atoms with Crippen LogP contribution in [0.5, 0.6) is 0 Å². The molecule has 0 radical (unpaired) electrons. The fourth-order valence-electron chi connectivity index (χ4n) is 1.16. The number of anilines is 1. The lowest BCUT2D eigenvalue weighted by Gasteiger charge is -2.02. The SMILES string of the molecule is Br.O=C(CNCc1ccco1)Nc1nccs1. The number of carbonyl (C=O) groups is 1. The van der Waals surface area contributed by atoms with Crippen molar-refractivity contribution < 1.29 is 9.21 Å². The van der Waals surface area contributed by atoms with Gasteiger partial charge >= 0.3 is 0 Å². The van der Waals surface area contributed by atoms with Crippen LogP contribution >= 0.6 is 28.3 Å². The van der Waals surface area contributed by atoms with Crippen LogP contribution in [0, 0.1) is 0 Å². The van der Waals surface area contributed by atoms with Crippen LogP contribution in [-0.4, -0.2) is 17.4 Å². The molecule has 2 heterocycles. The number of rotatable bonds is 5. The number of hydrogen-bond donors (Lipinski definition) is 2. The summed E-state index contributed by atoms with van der Waals surface area (Å²) < 4.78 is 5.12. The van der Waals surface area contributed by atoms with Crippen molar-refractivity contribution in [3.8, 4) is 0 Å². The van der Waals surface area contributed by atoms with Crippen LogP contribution in [0.25, 0.3) is 0 Å². The molecular weight excluding hydrogens is 306 g/mol. The van der Waals surface area contributed by atoms with Gasteiger partial charge in [0, 0.05) is 11.6 Å². The van der Waals surface area contributed by atoms with E-state index < -0.39 is 0 Å². The molecule has 2 aromatic rings. The minimum Gasteiger partial charge on any atom is -0.468 e. The largest absolute Gasteiger partial charge is 0.468 e. The highest BCUT2D eigenvalue weighted by atomic mass is 79.9. The summed E-state index contributed by atoms with van der Waals surface area (Å²) in [6.45, 7) is 0.776. The molecule has 0 saturated carbocycles. The molecule has 0 aliphatic carbocycles. The Hall–Kier alpha value is -1.18. The molecule has 92 valence electrons. The predicted molar refractivity (Wildman–Crippen MR) is 71.5 cm³/mol. The van der Waals surface area contributed by atoms with Crippen LogP contribution in [-0.2, 0) is 11.3 Å². The third-order valence-corrected chi connectivity index (χ3v) is 2.53. The predicted octanol–water partition coefficient (Wildman–Crippen LogP) is 2.04. The number of nitrogens with zero attached hydrogens (tertiary/aromatic N) is 1. The lowest BCUT2D eigenvalue weighted by atomic mass is 10.4. The molecule has 2 aromatic heterocycles. The van der Waals surface area contributed by atoms with Crippen molar-refractivity contribution in [2.75, 3.05) is 11.9 Å². The van der Waals surface area contributed by atoms with Crippen LogP contribution in [0.1, 0.15) is 5.76 Å². The Bertz CT molecular complexity index is 430. The molecule has 0 bridgehead atoms. The fraction of sp³-hybridized carbons (Fsp3) is 0.200. The van der Waals surface area contributed by atoms with E-state index in [1.165, 1.54) is 11.3 Å². The van der Waals surface area contributed by atoms with E-state index in [1.807, 2.05) is 17.5 Å². The van der Waals surface area contributed by atoms with E-state index in [2.05, 4.69) is 15.6 Å². The van der Waals surface area contributed by atoms with Crippen molar-refractivity contribution in [3.63, 3.8) is 0 Å². The maximum Gasteiger partial charge on any atom is 0.240 e. The second kappa shape index (κ2) is 7.21. The molecule has 2 N–H and O–H groups in total. The first-order valence-electron chi connectivity index (χ1n) is 4.77. The number of hydrogen-bond acceptors (Lipinski definition) is 5. The van der Waals surface area contributed by atoms with Crippen LogP contribution in [0.2, 0.25) is 0 Å². The summed E-state index contributed by atoms with van der Waals surface area (Å²) in [7, 11) is 0. The molecule has 0 atom stereocenters. The monoisotopic (exact) mass is 317 g/mol. The Morgan fingerprint density at radius 3 is 3.06 bits per heavy atom. The average molecular weight is 318 g/mol. The number of thiazole rings is 1. The van der Waals surface area contributed by atoms with E-state index >= 15 is 0 Å². The highest BCUT2D eigenvalue weighted by molar-refractivity contribution is 8.93. The summed E-state index contributed by atoms with van der Waals surface area (Å²) in [5.41, 5.74) is 0. The summed E-state index contributed by atoms with van der Waals surface area (Å²) in [5.74, 6) is 0.698. The summed E-state index contributed by atoms with van der Waals surface area (Å²) >= 11 is 1.39. The van der Waals surface area contributed by atoms with Crippen molar-refractivity contribution in [3.05, 3.63) is 35.7 Å². The molecule has 0 aromatic carbocycles. The highest BCUT2D eigenvalue weighted by Gasteiger charge is 2.03. The number of aromatic nitrogens is 1. The number of furan rings is 1. The smallest absolute Gasteiger partial charge is 0.240 e. The minimum atomic E-state index is -0.110. The van der Waals surface area contributed by atoms with E-state index in [0.717, 1.165) is 5.76 Å². The van der Waals surface area contributed by atoms with Crippen LogP contribution in [0.3, 0.4) is 0 Å². The third-order valence-electron chi connectivity index (χ3n) is 1.84. The molecule has 17 heavy (non-hydrogen) atoms. The second-order valence-electron chi connectivity index (χ2n) is 3.07. The van der Waals surface area contributed by atoms with Crippen LogP contribution in [0.15, 0.2) is 34.4 Å². The van der Waals surface area contributed by atoms with E-state index in [4.69, 9.17) is 4.42 Å². The topological polar surface area (TPSA) is 67.2 Å². The molecule has 1 amide bonds. The molecule has 0 saturated heterocycles. The van der Waals surface area contributed by atoms with Gasteiger partial charge in [-0.1, -0.05) is 0 Å². The van der Waals surface area contributed by atoms with Gasteiger partial charge in [0.05, 0.1) is 19.4 Å². The number of amides is 1. The van der Waals surface area contributed by atoms with Gasteiger partial charge in [-0.15, -0.1) is 28.3 Å². The Labute approximate surface area is 113 Å². The van der Waals surface area contributed by atoms with Crippen molar-refractivity contribution in [2.24, 2.45) is 0 Å². The van der Waals surface area contributed by atoms with Crippen molar-refractivity contribution in [2.45, 2.75) is 6.54 Å². The maximum absolute atomic E-state index is 11.4. The Balaban J connectivity index is 0.00000144. The minimum absolute atomic E-state index is 0. The maximum atomic E-state index is 11.4. The van der Waals surface area contributed by atoms with Crippen molar-refractivity contribution >= 4 is 39.4 Å². The molecule has 7 heteroatoms. The van der Waals surface area contributed by atoms with Gasteiger partial charge in [-0.2, -0.15) is 0 Å². The zero-order chi connectivity index (χ0) is 11.2. The van der Waals surface area contributed by atoms with Crippen LogP contribution < -0.4 is 10.6 Å². The average Bonchev–Trinajstić information content (AvgIpc) is 2.90. The van der Waals surface area contributed by atoms with Gasteiger partial charge in [-0.05, 0) is 12.1 Å². The van der Waals surface area contributed by atoms with Crippen molar-refractivity contribution in [1.29, 1.82) is 0 Å². The zero-order valence-corrected chi connectivity index (χ0v) is 11.4. The summed E-state index contributed by atoms with van der Waals surface area (Å²) in [5, 5.41) is 8.08. The summed E-state index contributed by atoms with van der Waals surface area (Å²) in [6, 6.07) is 3.67. The second-order valence-corrected chi connectivity index (χ2v) is 3.96. The first kappa shape index (κ1) is 13.9. The zero-order valence-electron chi connectivity index (χ0n) is 8.88.